The van der Waals surface area contributed by atoms with Crippen molar-refractivity contribution < 1.29 is 19.1 Å². The second-order valence-electron chi connectivity index (χ2n) is 7.33. The second kappa shape index (κ2) is 8.62. The number of hydrogen-bond donors (Lipinski definition) is 1. The van der Waals surface area contributed by atoms with Gasteiger partial charge in [0.1, 0.15) is 11.6 Å². The van der Waals surface area contributed by atoms with Crippen molar-refractivity contribution in [3.63, 3.8) is 0 Å². The Morgan fingerprint density at radius 2 is 2.10 bits per heavy atom. The van der Waals surface area contributed by atoms with E-state index in [1.54, 1.807) is 18.2 Å². The molecule has 30 heavy (non-hydrogen) atoms. The summed E-state index contributed by atoms with van der Waals surface area (Å²) in [4.78, 5) is 28.0. The topological polar surface area (TPSA) is 102 Å². The van der Waals surface area contributed by atoms with Crippen molar-refractivity contribution >= 4 is 5.91 Å². The van der Waals surface area contributed by atoms with Gasteiger partial charge in [-0.1, -0.05) is 0 Å². The summed E-state index contributed by atoms with van der Waals surface area (Å²) in [5.74, 6) is 1.70. The van der Waals surface area contributed by atoms with Crippen LogP contribution in [0.2, 0.25) is 0 Å². The van der Waals surface area contributed by atoms with E-state index in [-0.39, 0.29) is 18.4 Å². The standard InChI is InChI=1S/C22H24N4O4/c1-14-23-10-17(12-27)19(25-14)16-4-3-9-26(11-16)22(28)20-21(30-13-24-20)15-5-7-18(29-2)8-6-15/h5-8,10,13,16,27H,3-4,9,11-12H2,1-2H3. The Bertz CT molecular complexity index is 1030. The Kier molecular flexibility index (Phi) is 5.76. The molecule has 0 aliphatic carbocycles. The lowest BCUT2D eigenvalue weighted by atomic mass is 9.91. The van der Waals surface area contributed by atoms with Gasteiger partial charge in [-0.25, -0.2) is 15.0 Å². The van der Waals surface area contributed by atoms with Gasteiger partial charge in [-0.05, 0) is 44.0 Å². The summed E-state index contributed by atoms with van der Waals surface area (Å²) in [6.45, 7) is 2.86. The van der Waals surface area contributed by atoms with Gasteiger partial charge in [-0.2, -0.15) is 0 Å². The smallest absolute Gasteiger partial charge is 0.276 e. The van der Waals surface area contributed by atoms with E-state index in [9.17, 15) is 9.90 Å². The summed E-state index contributed by atoms with van der Waals surface area (Å²) < 4.78 is 10.7. The molecule has 2 aromatic heterocycles. The predicted octanol–water partition coefficient (Wildman–Crippen LogP) is 2.96. The fourth-order valence-corrected chi connectivity index (χ4v) is 3.87. The molecule has 3 heterocycles. The van der Waals surface area contributed by atoms with E-state index < -0.39 is 0 Å². The molecule has 1 aliphatic rings. The molecular formula is C22H24N4O4. The third-order valence-electron chi connectivity index (χ3n) is 5.41. The number of aliphatic hydroxyl groups is 1. The molecule has 0 saturated carbocycles. The summed E-state index contributed by atoms with van der Waals surface area (Å²) in [6.07, 6.45) is 4.71. The predicted molar refractivity (Wildman–Crippen MR) is 109 cm³/mol. The highest BCUT2D eigenvalue weighted by atomic mass is 16.5. The number of hydrogen-bond acceptors (Lipinski definition) is 7. The summed E-state index contributed by atoms with van der Waals surface area (Å²) in [5, 5.41) is 9.67. The number of methoxy groups -OCH3 is 1. The first-order valence-corrected chi connectivity index (χ1v) is 9.91. The lowest BCUT2D eigenvalue weighted by molar-refractivity contribution is 0.0700. The monoisotopic (exact) mass is 408 g/mol. The van der Waals surface area contributed by atoms with Crippen molar-refractivity contribution in [2.75, 3.05) is 20.2 Å². The second-order valence-corrected chi connectivity index (χ2v) is 7.33. The van der Waals surface area contributed by atoms with E-state index >= 15 is 0 Å². The van der Waals surface area contributed by atoms with Gasteiger partial charge in [0.2, 0.25) is 0 Å². The van der Waals surface area contributed by atoms with E-state index in [1.807, 2.05) is 31.2 Å². The third kappa shape index (κ3) is 3.91. The molecule has 1 N–H and O–H groups in total. The number of rotatable bonds is 5. The number of amides is 1. The molecule has 1 aromatic carbocycles. The van der Waals surface area contributed by atoms with Crippen molar-refractivity contribution in [1.29, 1.82) is 0 Å². The van der Waals surface area contributed by atoms with Crippen LogP contribution in [0.3, 0.4) is 0 Å². The number of oxazole rings is 1. The number of piperidine rings is 1. The number of aromatic nitrogens is 3. The van der Waals surface area contributed by atoms with E-state index in [0.29, 0.717) is 35.9 Å². The van der Waals surface area contributed by atoms with Crippen molar-refractivity contribution in [2.24, 2.45) is 0 Å². The minimum Gasteiger partial charge on any atom is -0.497 e. The minimum absolute atomic E-state index is 0.0443. The summed E-state index contributed by atoms with van der Waals surface area (Å²) in [6, 6.07) is 7.31. The molecule has 156 valence electrons. The molecule has 4 rings (SSSR count). The van der Waals surface area contributed by atoms with Crippen molar-refractivity contribution in [2.45, 2.75) is 32.3 Å². The molecule has 0 bridgehead atoms. The zero-order valence-corrected chi connectivity index (χ0v) is 17.0. The highest BCUT2D eigenvalue weighted by molar-refractivity contribution is 5.97. The fraction of sp³-hybridized carbons (Fsp3) is 0.364. The normalized spacial score (nSPS) is 16.5. The number of likely N-dealkylation sites (tertiary alicyclic amines) is 1. The number of ether oxygens (including phenoxy) is 1. The molecule has 8 nitrogen and oxygen atoms in total. The van der Waals surface area contributed by atoms with Gasteiger partial charge in [0, 0.05) is 36.3 Å². The third-order valence-corrected chi connectivity index (χ3v) is 5.41. The van der Waals surface area contributed by atoms with Crippen LogP contribution in [-0.2, 0) is 6.61 Å². The average molecular weight is 408 g/mol. The van der Waals surface area contributed by atoms with Gasteiger partial charge < -0.3 is 19.2 Å². The zero-order chi connectivity index (χ0) is 21.1. The van der Waals surface area contributed by atoms with Crippen LogP contribution in [0.1, 0.15) is 46.3 Å². The largest absolute Gasteiger partial charge is 0.497 e. The molecular weight excluding hydrogens is 384 g/mol. The number of aryl methyl sites for hydroxylation is 1. The van der Waals surface area contributed by atoms with Crippen LogP contribution in [0.5, 0.6) is 5.75 Å². The Labute approximate surface area is 174 Å². The van der Waals surface area contributed by atoms with Crippen LogP contribution < -0.4 is 4.74 Å². The van der Waals surface area contributed by atoms with Gasteiger partial charge >= 0.3 is 0 Å². The van der Waals surface area contributed by atoms with Crippen LogP contribution in [-0.4, -0.2) is 51.1 Å². The zero-order valence-electron chi connectivity index (χ0n) is 17.0. The maximum absolute atomic E-state index is 13.3. The Hall–Kier alpha value is -3.26. The first kappa shape index (κ1) is 20.0. The number of carbonyl (C=O) groups excluding carboxylic acids is 1. The molecule has 1 amide bonds. The molecule has 1 unspecified atom stereocenters. The molecule has 0 radical (unpaired) electrons. The first-order valence-electron chi connectivity index (χ1n) is 9.91. The van der Waals surface area contributed by atoms with Crippen LogP contribution in [0, 0.1) is 6.92 Å². The first-order chi connectivity index (χ1) is 14.6. The van der Waals surface area contributed by atoms with Crippen molar-refractivity contribution in [3.05, 3.63) is 59.6 Å². The van der Waals surface area contributed by atoms with Gasteiger partial charge in [-0.3, -0.25) is 4.79 Å². The van der Waals surface area contributed by atoms with E-state index in [1.165, 1.54) is 6.39 Å². The summed E-state index contributed by atoms with van der Waals surface area (Å²) in [5.41, 5.74) is 2.58. The highest BCUT2D eigenvalue weighted by Crippen LogP contribution is 2.31. The number of carbonyl (C=O) groups is 1. The molecule has 0 spiro atoms. The van der Waals surface area contributed by atoms with Gasteiger partial charge in [0.25, 0.3) is 5.91 Å². The lowest BCUT2D eigenvalue weighted by Gasteiger charge is -2.33. The van der Waals surface area contributed by atoms with Crippen LogP contribution >= 0.6 is 0 Å². The molecule has 1 saturated heterocycles. The van der Waals surface area contributed by atoms with E-state index in [4.69, 9.17) is 9.15 Å². The van der Waals surface area contributed by atoms with Crippen molar-refractivity contribution in [1.82, 2.24) is 19.9 Å². The molecule has 1 aliphatic heterocycles. The van der Waals surface area contributed by atoms with Gasteiger partial charge in [-0.15, -0.1) is 0 Å². The van der Waals surface area contributed by atoms with Crippen molar-refractivity contribution in [3.8, 4) is 17.1 Å². The Balaban J connectivity index is 1.57. The molecule has 1 atom stereocenters. The maximum Gasteiger partial charge on any atom is 0.276 e. The van der Waals surface area contributed by atoms with Gasteiger partial charge in [0.15, 0.2) is 17.8 Å². The molecule has 8 heteroatoms. The number of nitrogens with zero attached hydrogens (tertiary/aromatic N) is 4. The molecule has 3 aromatic rings. The Morgan fingerprint density at radius 3 is 2.83 bits per heavy atom. The van der Waals surface area contributed by atoms with Crippen LogP contribution in [0.25, 0.3) is 11.3 Å². The molecule has 1 fully saturated rings. The van der Waals surface area contributed by atoms with E-state index in [0.717, 1.165) is 29.8 Å². The van der Waals surface area contributed by atoms with Gasteiger partial charge in [0.05, 0.1) is 19.4 Å². The highest BCUT2D eigenvalue weighted by Gasteiger charge is 2.30. The van der Waals surface area contributed by atoms with Crippen LogP contribution in [0.4, 0.5) is 0 Å². The fourth-order valence-electron chi connectivity index (χ4n) is 3.87. The average Bonchev–Trinajstić information content (AvgIpc) is 3.28. The quantitative estimate of drug-likeness (QED) is 0.692. The Morgan fingerprint density at radius 1 is 1.30 bits per heavy atom. The SMILES string of the molecule is COc1ccc(-c2ocnc2C(=O)N2CCCC(c3nc(C)ncc3CO)C2)cc1. The minimum atomic E-state index is -0.171. The van der Waals surface area contributed by atoms with Crippen LogP contribution in [0.15, 0.2) is 41.3 Å². The lowest BCUT2D eigenvalue weighted by Crippen LogP contribution is -2.40. The maximum atomic E-state index is 13.3. The number of benzene rings is 1. The summed E-state index contributed by atoms with van der Waals surface area (Å²) in [7, 11) is 1.60. The van der Waals surface area contributed by atoms with E-state index in [2.05, 4.69) is 15.0 Å². The number of aliphatic hydroxyl groups excluding tert-OH is 1. The summed E-state index contributed by atoms with van der Waals surface area (Å²) >= 11 is 0.